The van der Waals surface area contributed by atoms with Crippen LogP contribution >= 0.6 is 0 Å². The molecule has 0 unspecified atom stereocenters. The number of nitrogens with one attached hydrogen (secondary N) is 1. The third-order valence-electron chi connectivity index (χ3n) is 2.24. The second kappa shape index (κ2) is 5.34. The lowest BCUT2D eigenvalue weighted by Crippen LogP contribution is -2.34. The van der Waals surface area contributed by atoms with Gasteiger partial charge in [0.1, 0.15) is 11.6 Å². The quantitative estimate of drug-likeness (QED) is 0.777. The molecular formula is C11H15FN2O2. The first-order valence-electron chi connectivity index (χ1n) is 5.13. The third-order valence-corrected chi connectivity index (χ3v) is 2.24. The van der Waals surface area contributed by atoms with Gasteiger partial charge in [0.2, 0.25) is 0 Å². The van der Waals surface area contributed by atoms with Gasteiger partial charge in [-0.15, -0.1) is 0 Å². The number of carbonyl (C=O) groups excluding carboxylic acids is 1. The smallest absolute Gasteiger partial charge is 0.321 e. The van der Waals surface area contributed by atoms with Crippen LogP contribution in [0.3, 0.4) is 0 Å². The van der Waals surface area contributed by atoms with Crippen LogP contribution in [-0.2, 0) is 0 Å². The molecular weight excluding hydrogens is 211 g/mol. The molecule has 0 aliphatic rings. The number of nitrogens with zero attached hydrogens (tertiary/aromatic N) is 1. The van der Waals surface area contributed by atoms with Gasteiger partial charge in [0.05, 0.1) is 5.69 Å². The zero-order valence-electron chi connectivity index (χ0n) is 9.33. The van der Waals surface area contributed by atoms with Crippen molar-refractivity contribution in [1.82, 2.24) is 4.90 Å². The average Bonchev–Trinajstić information content (AvgIpc) is 2.24. The number of amides is 2. The predicted octanol–water partition coefficient (Wildman–Crippen LogP) is 2.40. The van der Waals surface area contributed by atoms with Crippen molar-refractivity contribution in [2.75, 3.05) is 18.4 Å². The molecule has 0 fully saturated rings. The van der Waals surface area contributed by atoms with Crippen LogP contribution in [0.2, 0.25) is 0 Å². The van der Waals surface area contributed by atoms with E-state index in [1.807, 2.05) is 13.8 Å². The number of halogens is 1. The SMILES string of the molecule is CCN(CC)C(=O)Nc1ccc(O)cc1F. The Morgan fingerprint density at radius 1 is 1.44 bits per heavy atom. The zero-order valence-corrected chi connectivity index (χ0v) is 9.33. The van der Waals surface area contributed by atoms with Crippen molar-refractivity contribution in [1.29, 1.82) is 0 Å². The summed E-state index contributed by atoms with van der Waals surface area (Å²) in [4.78, 5) is 13.1. The van der Waals surface area contributed by atoms with E-state index < -0.39 is 5.82 Å². The largest absolute Gasteiger partial charge is 0.508 e. The van der Waals surface area contributed by atoms with Gasteiger partial charge in [0.15, 0.2) is 0 Å². The molecule has 0 radical (unpaired) electrons. The summed E-state index contributed by atoms with van der Waals surface area (Å²) < 4.78 is 13.3. The highest BCUT2D eigenvalue weighted by molar-refractivity contribution is 5.89. The highest BCUT2D eigenvalue weighted by atomic mass is 19.1. The Balaban J connectivity index is 2.76. The maximum atomic E-state index is 13.3. The van der Waals surface area contributed by atoms with Gasteiger partial charge in [-0.3, -0.25) is 0 Å². The number of phenols is 1. The molecule has 0 spiro atoms. The molecule has 0 saturated carbocycles. The minimum Gasteiger partial charge on any atom is -0.508 e. The number of phenolic OH excluding ortho intramolecular Hbond substituents is 1. The van der Waals surface area contributed by atoms with E-state index in [-0.39, 0.29) is 17.5 Å². The van der Waals surface area contributed by atoms with Crippen molar-refractivity contribution in [3.05, 3.63) is 24.0 Å². The van der Waals surface area contributed by atoms with Crippen molar-refractivity contribution in [3.8, 4) is 5.75 Å². The summed E-state index contributed by atoms with van der Waals surface area (Å²) in [6.45, 7) is 4.80. The number of anilines is 1. The maximum absolute atomic E-state index is 13.3. The predicted molar refractivity (Wildman–Crippen MR) is 60.0 cm³/mol. The Hall–Kier alpha value is -1.78. The number of aromatic hydroxyl groups is 1. The molecule has 16 heavy (non-hydrogen) atoms. The molecule has 1 rings (SSSR count). The first-order chi connectivity index (χ1) is 7.58. The first-order valence-corrected chi connectivity index (χ1v) is 5.13. The lowest BCUT2D eigenvalue weighted by molar-refractivity contribution is 0.217. The van der Waals surface area contributed by atoms with Gasteiger partial charge in [0.25, 0.3) is 0 Å². The number of urea groups is 1. The molecule has 1 aromatic carbocycles. The Morgan fingerprint density at radius 2 is 2.06 bits per heavy atom. The maximum Gasteiger partial charge on any atom is 0.321 e. The lowest BCUT2D eigenvalue weighted by Gasteiger charge is -2.19. The summed E-state index contributed by atoms with van der Waals surface area (Å²) in [6, 6.07) is 3.25. The van der Waals surface area contributed by atoms with Gasteiger partial charge in [0, 0.05) is 19.2 Å². The first kappa shape index (κ1) is 12.3. The molecule has 0 aliphatic carbocycles. The Morgan fingerprint density at radius 3 is 2.56 bits per heavy atom. The van der Waals surface area contributed by atoms with Gasteiger partial charge in [-0.05, 0) is 26.0 Å². The third kappa shape index (κ3) is 2.85. The van der Waals surface area contributed by atoms with E-state index in [1.54, 1.807) is 0 Å². The highest BCUT2D eigenvalue weighted by Gasteiger charge is 2.11. The molecule has 2 N–H and O–H groups in total. The topological polar surface area (TPSA) is 52.6 Å². The summed E-state index contributed by atoms with van der Waals surface area (Å²) in [5.41, 5.74) is 0.0645. The van der Waals surface area contributed by atoms with Crippen LogP contribution in [0.4, 0.5) is 14.9 Å². The van der Waals surface area contributed by atoms with Crippen LogP contribution in [0.5, 0.6) is 5.75 Å². The summed E-state index contributed by atoms with van der Waals surface area (Å²) >= 11 is 0. The van der Waals surface area contributed by atoms with E-state index >= 15 is 0 Å². The summed E-state index contributed by atoms with van der Waals surface area (Å²) in [7, 11) is 0. The molecule has 0 atom stereocenters. The molecule has 0 heterocycles. The molecule has 0 aliphatic heterocycles. The minimum atomic E-state index is -0.652. The lowest BCUT2D eigenvalue weighted by atomic mass is 10.3. The number of rotatable bonds is 3. The van der Waals surface area contributed by atoms with Crippen LogP contribution in [-0.4, -0.2) is 29.1 Å². The highest BCUT2D eigenvalue weighted by Crippen LogP contribution is 2.19. The Kier molecular flexibility index (Phi) is 4.10. The van der Waals surface area contributed by atoms with Crippen LogP contribution in [0.1, 0.15) is 13.8 Å². The summed E-state index contributed by atoms with van der Waals surface area (Å²) in [6.07, 6.45) is 0. The van der Waals surface area contributed by atoms with Crippen molar-refractivity contribution >= 4 is 11.7 Å². The molecule has 5 heteroatoms. The fourth-order valence-corrected chi connectivity index (χ4v) is 1.31. The van der Waals surface area contributed by atoms with Gasteiger partial charge < -0.3 is 15.3 Å². The molecule has 0 saturated heterocycles. The van der Waals surface area contributed by atoms with Crippen molar-refractivity contribution in [2.24, 2.45) is 0 Å². The molecule has 88 valence electrons. The van der Waals surface area contributed by atoms with Gasteiger partial charge in [-0.25, -0.2) is 9.18 Å². The summed E-state index contributed by atoms with van der Waals surface area (Å²) in [5, 5.41) is 11.5. The normalized spacial score (nSPS) is 9.94. The summed E-state index contributed by atoms with van der Waals surface area (Å²) in [5.74, 6) is -0.821. The molecule has 1 aromatic rings. The standard InChI is InChI=1S/C11H15FN2O2/c1-3-14(4-2)11(16)13-10-6-5-8(15)7-9(10)12/h5-7,15H,3-4H2,1-2H3,(H,13,16). The van der Waals surface area contributed by atoms with Gasteiger partial charge >= 0.3 is 6.03 Å². The second-order valence-electron chi connectivity index (χ2n) is 3.27. The van der Waals surface area contributed by atoms with E-state index in [4.69, 9.17) is 5.11 Å². The van der Waals surface area contributed by atoms with Crippen LogP contribution in [0.15, 0.2) is 18.2 Å². The molecule has 4 nitrogen and oxygen atoms in total. The second-order valence-corrected chi connectivity index (χ2v) is 3.27. The van der Waals surface area contributed by atoms with Crippen LogP contribution < -0.4 is 5.32 Å². The van der Waals surface area contributed by atoms with Crippen LogP contribution in [0.25, 0.3) is 0 Å². The Bertz CT molecular complexity index is 378. The number of hydrogen-bond acceptors (Lipinski definition) is 2. The number of benzene rings is 1. The monoisotopic (exact) mass is 226 g/mol. The van der Waals surface area contributed by atoms with E-state index in [0.29, 0.717) is 13.1 Å². The number of hydrogen-bond donors (Lipinski definition) is 2. The minimum absolute atomic E-state index is 0.0645. The fourth-order valence-electron chi connectivity index (χ4n) is 1.31. The van der Waals surface area contributed by atoms with E-state index in [1.165, 1.54) is 17.0 Å². The van der Waals surface area contributed by atoms with Gasteiger partial charge in [-0.1, -0.05) is 0 Å². The molecule has 0 aromatic heterocycles. The van der Waals surface area contributed by atoms with Crippen molar-refractivity contribution in [3.63, 3.8) is 0 Å². The van der Waals surface area contributed by atoms with E-state index in [9.17, 15) is 9.18 Å². The van der Waals surface area contributed by atoms with E-state index in [0.717, 1.165) is 6.07 Å². The van der Waals surface area contributed by atoms with Crippen molar-refractivity contribution in [2.45, 2.75) is 13.8 Å². The Labute approximate surface area is 93.7 Å². The fraction of sp³-hybridized carbons (Fsp3) is 0.364. The molecule has 0 bridgehead atoms. The van der Waals surface area contributed by atoms with Gasteiger partial charge in [-0.2, -0.15) is 0 Å². The average molecular weight is 226 g/mol. The zero-order chi connectivity index (χ0) is 12.1. The van der Waals surface area contributed by atoms with E-state index in [2.05, 4.69) is 5.32 Å². The van der Waals surface area contributed by atoms with Crippen molar-refractivity contribution < 1.29 is 14.3 Å². The molecule has 2 amide bonds. The number of carbonyl (C=O) groups is 1. The van der Waals surface area contributed by atoms with Crippen LogP contribution in [0, 0.1) is 5.82 Å².